The van der Waals surface area contributed by atoms with Crippen LogP contribution in [0.2, 0.25) is 0 Å². The molecule has 0 saturated carbocycles. The molecule has 1 aromatic heterocycles. The van der Waals surface area contributed by atoms with Crippen LogP contribution in [0.25, 0.3) is 11.0 Å². The first-order chi connectivity index (χ1) is 12.0. The van der Waals surface area contributed by atoms with E-state index in [0.717, 1.165) is 16.5 Å². The van der Waals surface area contributed by atoms with Gasteiger partial charge in [0.2, 0.25) is 5.60 Å². The van der Waals surface area contributed by atoms with Crippen LogP contribution < -0.4 is 0 Å². The molecule has 25 heavy (non-hydrogen) atoms. The molecule has 0 N–H and O–H groups in total. The smallest absolute Gasteiger partial charge is 0.351 e. The predicted molar refractivity (Wildman–Crippen MR) is 90.0 cm³/mol. The van der Waals surface area contributed by atoms with Crippen LogP contribution in [0.15, 0.2) is 59.0 Å². The molecule has 1 aliphatic rings. The van der Waals surface area contributed by atoms with E-state index in [2.05, 4.69) is 0 Å². The molecule has 3 aromatic rings. The number of furan rings is 1. The lowest BCUT2D eigenvalue weighted by molar-refractivity contribution is -0.166. The zero-order valence-electron chi connectivity index (χ0n) is 13.7. The van der Waals surface area contributed by atoms with Gasteiger partial charge >= 0.3 is 11.9 Å². The van der Waals surface area contributed by atoms with E-state index in [1.165, 1.54) is 0 Å². The number of carbonyl (C=O) groups is 2. The molecule has 0 bridgehead atoms. The number of ether oxygens (including phenoxy) is 2. The fourth-order valence-electron chi connectivity index (χ4n) is 3.04. The van der Waals surface area contributed by atoms with E-state index in [1.807, 2.05) is 42.5 Å². The van der Waals surface area contributed by atoms with Gasteiger partial charge in [-0.05, 0) is 30.7 Å². The molecule has 0 radical (unpaired) electrons. The Morgan fingerprint density at radius 2 is 1.92 bits per heavy atom. The first-order valence-corrected chi connectivity index (χ1v) is 8.01. The maximum Gasteiger partial charge on any atom is 0.351 e. The molecule has 0 amide bonds. The average Bonchev–Trinajstić information content (AvgIpc) is 3.02. The van der Waals surface area contributed by atoms with Crippen LogP contribution in [0.4, 0.5) is 0 Å². The van der Waals surface area contributed by atoms with E-state index < -0.39 is 17.5 Å². The first-order valence-electron chi connectivity index (χ1n) is 8.01. The molecule has 126 valence electrons. The highest BCUT2D eigenvalue weighted by molar-refractivity contribution is 5.96. The summed E-state index contributed by atoms with van der Waals surface area (Å²) in [7, 11) is 0. The summed E-state index contributed by atoms with van der Waals surface area (Å²) in [6.45, 7) is 1.56. The lowest BCUT2D eigenvalue weighted by Crippen LogP contribution is -2.46. The normalized spacial score (nSPS) is 19.3. The van der Waals surface area contributed by atoms with Gasteiger partial charge in [0.25, 0.3) is 0 Å². The zero-order chi connectivity index (χ0) is 17.4. The van der Waals surface area contributed by atoms with E-state index in [-0.39, 0.29) is 13.0 Å². The number of hydrogen-bond donors (Lipinski definition) is 0. The van der Waals surface area contributed by atoms with E-state index in [0.29, 0.717) is 11.3 Å². The second-order valence-corrected chi connectivity index (χ2v) is 6.28. The van der Waals surface area contributed by atoms with Crippen molar-refractivity contribution in [3.05, 3.63) is 71.5 Å². The van der Waals surface area contributed by atoms with Crippen molar-refractivity contribution in [1.29, 1.82) is 0 Å². The number of carbonyl (C=O) groups excluding carboxylic acids is 2. The highest BCUT2D eigenvalue weighted by atomic mass is 16.6. The summed E-state index contributed by atoms with van der Waals surface area (Å²) >= 11 is 0. The van der Waals surface area contributed by atoms with Gasteiger partial charge in [-0.1, -0.05) is 36.4 Å². The van der Waals surface area contributed by atoms with Crippen LogP contribution in [-0.4, -0.2) is 17.5 Å². The standard InChI is InChI=1S/C20H16O5/c1-20(11-14-7-2-4-8-16(14)18(21)25-20)19(22)23-12-15-10-13-6-3-5-9-17(13)24-15/h2-10H,11-12H2,1H3. The summed E-state index contributed by atoms with van der Waals surface area (Å²) in [6.07, 6.45) is 0.286. The minimum Gasteiger partial charge on any atom is -0.457 e. The Kier molecular flexibility index (Phi) is 3.57. The van der Waals surface area contributed by atoms with E-state index in [1.54, 1.807) is 19.1 Å². The predicted octanol–water partition coefficient (Wildman–Crippen LogP) is 3.65. The number of cyclic esters (lactones) is 1. The number of para-hydroxylation sites is 1. The number of fused-ring (bicyclic) bond motifs is 2. The van der Waals surface area contributed by atoms with Gasteiger partial charge < -0.3 is 13.9 Å². The SMILES string of the molecule is CC1(C(=O)OCc2cc3ccccc3o2)Cc2ccccc2C(=O)O1. The van der Waals surface area contributed by atoms with E-state index in [9.17, 15) is 9.59 Å². The summed E-state index contributed by atoms with van der Waals surface area (Å²) in [5.74, 6) is -0.554. The van der Waals surface area contributed by atoms with Crippen molar-refractivity contribution in [1.82, 2.24) is 0 Å². The molecule has 0 spiro atoms. The maximum absolute atomic E-state index is 12.5. The monoisotopic (exact) mass is 336 g/mol. The minimum absolute atomic E-state index is 0.0116. The van der Waals surface area contributed by atoms with Crippen molar-refractivity contribution in [2.75, 3.05) is 0 Å². The van der Waals surface area contributed by atoms with Gasteiger partial charge in [-0.25, -0.2) is 9.59 Å². The van der Waals surface area contributed by atoms with Gasteiger partial charge in [0, 0.05) is 11.8 Å². The van der Waals surface area contributed by atoms with Gasteiger partial charge in [-0.3, -0.25) is 0 Å². The Morgan fingerprint density at radius 1 is 1.16 bits per heavy atom. The molecule has 4 rings (SSSR count). The van der Waals surface area contributed by atoms with E-state index >= 15 is 0 Å². The molecule has 1 aliphatic heterocycles. The highest BCUT2D eigenvalue weighted by Crippen LogP contribution is 2.29. The summed E-state index contributed by atoms with van der Waals surface area (Å²) in [5, 5.41) is 0.942. The molecule has 2 heterocycles. The van der Waals surface area contributed by atoms with Gasteiger partial charge in [0.05, 0.1) is 5.56 Å². The summed E-state index contributed by atoms with van der Waals surface area (Å²) < 4.78 is 16.4. The molecule has 5 nitrogen and oxygen atoms in total. The van der Waals surface area contributed by atoms with Crippen LogP contribution >= 0.6 is 0 Å². The van der Waals surface area contributed by atoms with Crippen molar-refractivity contribution in [3.63, 3.8) is 0 Å². The van der Waals surface area contributed by atoms with Crippen molar-refractivity contribution in [3.8, 4) is 0 Å². The zero-order valence-corrected chi connectivity index (χ0v) is 13.7. The fourth-order valence-corrected chi connectivity index (χ4v) is 3.04. The Labute approximate surface area is 144 Å². The molecule has 0 fully saturated rings. The topological polar surface area (TPSA) is 65.7 Å². The minimum atomic E-state index is -1.34. The van der Waals surface area contributed by atoms with Crippen LogP contribution in [0.1, 0.15) is 28.6 Å². The van der Waals surface area contributed by atoms with Crippen molar-refractivity contribution in [2.24, 2.45) is 0 Å². The number of esters is 2. The molecule has 1 atom stereocenters. The Bertz CT molecular complexity index is 938. The quantitative estimate of drug-likeness (QED) is 0.683. The molecular formula is C20H16O5. The first kappa shape index (κ1) is 15.4. The van der Waals surface area contributed by atoms with Crippen LogP contribution in [0.3, 0.4) is 0 Å². The molecular weight excluding hydrogens is 320 g/mol. The van der Waals surface area contributed by atoms with Gasteiger partial charge in [-0.15, -0.1) is 0 Å². The molecule has 0 saturated heterocycles. The van der Waals surface area contributed by atoms with Crippen molar-refractivity contribution < 1.29 is 23.5 Å². The Balaban J connectivity index is 1.50. The lowest BCUT2D eigenvalue weighted by atomic mass is 9.90. The van der Waals surface area contributed by atoms with Crippen molar-refractivity contribution in [2.45, 2.75) is 25.6 Å². The molecule has 5 heteroatoms. The second kappa shape index (κ2) is 5.77. The largest absolute Gasteiger partial charge is 0.457 e. The fraction of sp³-hybridized carbons (Fsp3) is 0.200. The number of rotatable bonds is 3. The Morgan fingerprint density at radius 3 is 2.76 bits per heavy atom. The third-order valence-electron chi connectivity index (χ3n) is 4.34. The number of benzene rings is 2. The number of hydrogen-bond acceptors (Lipinski definition) is 5. The second-order valence-electron chi connectivity index (χ2n) is 6.28. The Hall–Kier alpha value is -3.08. The summed E-state index contributed by atoms with van der Waals surface area (Å²) in [5.41, 5.74) is 0.669. The lowest BCUT2D eigenvalue weighted by Gasteiger charge is -2.32. The summed E-state index contributed by atoms with van der Waals surface area (Å²) in [6, 6.07) is 16.5. The maximum atomic E-state index is 12.5. The molecule has 0 aliphatic carbocycles. The molecule has 1 unspecified atom stereocenters. The molecule has 2 aromatic carbocycles. The third-order valence-corrected chi connectivity index (χ3v) is 4.34. The van der Waals surface area contributed by atoms with Crippen molar-refractivity contribution >= 4 is 22.9 Å². The van der Waals surface area contributed by atoms with Gasteiger partial charge in [-0.2, -0.15) is 0 Å². The van der Waals surface area contributed by atoms with Crippen LogP contribution in [0, 0.1) is 0 Å². The van der Waals surface area contributed by atoms with E-state index in [4.69, 9.17) is 13.9 Å². The third kappa shape index (κ3) is 2.78. The van der Waals surface area contributed by atoms with Gasteiger partial charge in [0.15, 0.2) is 0 Å². The van der Waals surface area contributed by atoms with Gasteiger partial charge in [0.1, 0.15) is 18.0 Å². The van der Waals surface area contributed by atoms with Crippen LogP contribution in [0.5, 0.6) is 0 Å². The average molecular weight is 336 g/mol. The highest BCUT2D eigenvalue weighted by Gasteiger charge is 2.44. The van der Waals surface area contributed by atoms with Crippen LogP contribution in [-0.2, 0) is 27.3 Å². The summed E-state index contributed by atoms with van der Waals surface area (Å²) in [4.78, 5) is 24.7.